The molecule has 1 N–H and O–H groups in total. The Bertz CT molecular complexity index is 635. The van der Waals surface area contributed by atoms with Crippen molar-refractivity contribution in [1.29, 1.82) is 0 Å². The van der Waals surface area contributed by atoms with E-state index in [9.17, 15) is 4.79 Å². The summed E-state index contributed by atoms with van der Waals surface area (Å²) < 4.78 is 10.6. The van der Waals surface area contributed by atoms with Crippen molar-refractivity contribution in [3.8, 4) is 0 Å². The van der Waals surface area contributed by atoms with Crippen LogP contribution in [0.2, 0.25) is 0 Å². The van der Waals surface area contributed by atoms with Crippen LogP contribution in [-0.2, 0) is 24.2 Å². The monoisotopic (exact) mass is 287 g/mol. The zero-order valence-electron chi connectivity index (χ0n) is 11.6. The minimum atomic E-state index is -1.09. The van der Waals surface area contributed by atoms with Crippen LogP contribution in [0.5, 0.6) is 0 Å². The normalized spacial score (nSPS) is 17.4. The van der Waals surface area contributed by atoms with Crippen molar-refractivity contribution in [2.24, 2.45) is 5.92 Å². The highest BCUT2D eigenvalue weighted by atomic mass is 16.5. The predicted molar refractivity (Wildman–Crippen MR) is 75.1 cm³/mol. The third-order valence-corrected chi connectivity index (χ3v) is 3.82. The second-order valence-electron chi connectivity index (χ2n) is 5.38. The Balaban J connectivity index is 1.49. The summed E-state index contributed by atoms with van der Waals surface area (Å²) in [4.78, 5) is 10.7. The summed E-state index contributed by atoms with van der Waals surface area (Å²) in [6.07, 6.45) is 3.25. The summed E-state index contributed by atoms with van der Waals surface area (Å²) in [7, 11) is 0. The van der Waals surface area contributed by atoms with Gasteiger partial charge in [0.15, 0.2) is 11.5 Å². The molecule has 0 saturated carbocycles. The lowest BCUT2D eigenvalue weighted by Gasteiger charge is -2.24. The number of benzene rings is 1. The van der Waals surface area contributed by atoms with Gasteiger partial charge >= 0.3 is 5.97 Å². The molecule has 5 nitrogen and oxygen atoms in total. The first-order valence-electron chi connectivity index (χ1n) is 7.06. The highest BCUT2D eigenvalue weighted by Crippen LogP contribution is 2.25. The molecule has 0 radical (unpaired) electrons. The average molecular weight is 287 g/mol. The van der Waals surface area contributed by atoms with Gasteiger partial charge in [-0.3, -0.25) is 0 Å². The van der Waals surface area contributed by atoms with Crippen LogP contribution >= 0.6 is 0 Å². The van der Waals surface area contributed by atoms with E-state index in [1.165, 1.54) is 17.2 Å². The maximum absolute atomic E-state index is 10.7. The number of fused-ring (bicyclic) bond motifs is 1. The standard InChI is InChI=1S/C16H17NO4/c18-16(19)15-8-14(21-17-15)10-20-9-11-5-6-12-3-1-2-4-13(12)7-11/h1-4,8,11H,5-7,9-10H2,(H,18,19). The number of hydrogen-bond donors (Lipinski definition) is 1. The van der Waals surface area contributed by atoms with Gasteiger partial charge in [0.05, 0.1) is 6.61 Å². The molecule has 1 aromatic heterocycles. The Kier molecular flexibility index (Phi) is 4.01. The number of hydrogen-bond acceptors (Lipinski definition) is 4. The highest BCUT2D eigenvalue weighted by Gasteiger charge is 2.18. The lowest BCUT2D eigenvalue weighted by Crippen LogP contribution is -2.19. The lowest BCUT2D eigenvalue weighted by atomic mass is 9.84. The maximum Gasteiger partial charge on any atom is 0.358 e. The first-order valence-corrected chi connectivity index (χ1v) is 7.06. The Morgan fingerprint density at radius 3 is 2.95 bits per heavy atom. The van der Waals surface area contributed by atoms with E-state index >= 15 is 0 Å². The molecule has 1 aliphatic rings. The predicted octanol–water partition coefficient (Wildman–Crippen LogP) is 2.69. The van der Waals surface area contributed by atoms with Crippen LogP contribution < -0.4 is 0 Å². The topological polar surface area (TPSA) is 72.6 Å². The molecule has 1 aliphatic carbocycles. The summed E-state index contributed by atoms with van der Waals surface area (Å²) >= 11 is 0. The van der Waals surface area contributed by atoms with Crippen LogP contribution in [0.25, 0.3) is 0 Å². The van der Waals surface area contributed by atoms with E-state index in [1.54, 1.807) is 0 Å². The molecule has 1 aromatic carbocycles. The van der Waals surface area contributed by atoms with Crippen LogP contribution in [0.3, 0.4) is 0 Å². The number of nitrogens with zero attached hydrogens (tertiary/aromatic N) is 1. The molecule has 1 heterocycles. The molecule has 0 amide bonds. The van der Waals surface area contributed by atoms with Crippen LogP contribution in [-0.4, -0.2) is 22.8 Å². The maximum atomic E-state index is 10.7. The molecule has 3 rings (SSSR count). The third-order valence-electron chi connectivity index (χ3n) is 3.82. The molecule has 5 heteroatoms. The Labute approximate surface area is 122 Å². The minimum Gasteiger partial charge on any atom is -0.476 e. The van der Waals surface area contributed by atoms with E-state index in [-0.39, 0.29) is 12.3 Å². The van der Waals surface area contributed by atoms with Gasteiger partial charge in [-0.1, -0.05) is 29.4 Å². The van der Waals surface area contributed by atoms with Crippen LogP contribution in [0.1, 0.15) is 33.8 Å². The van der Waals surface area contributed by atoms with Crippen molar-refractivity contribution in [2.45, 2.75) is 25.9 Å². The molecule has 1 unspecified atom stereocenters. The van der Waals surface area contributed by atoms with Crippen molar-refractivity contribution in [2.75, 3.05) is 6.61 Å². The Hall–Kier alpha value is -2.14. The second kappa shape index (κ2) is 6.10. The molecule has 0 spiro atoms. The summed E-state index contributed by atoms with van der Waals surface area (Å²) in [5, 5.41) is 12.2. The molecule has 2 aromatic rings. The van der Waals surface area contributed by atoms with Crippen molar-refractivity contribution in [3.05, 3.63) is 52.9 Å². The SMILES string of the molecule is O=C(O)c1cc(COCC2CCc3ccccc3C2)on1. The van der Waals surface area contributed by atoms with Gasteiger partial charge < -0.3 is 14.4 Å². The molecule has 0 bridgehead atoms. The Morgan fingerprint density at radius 2 is 2.19 bits per heavy atom. The first kappa shape index (κ1) is 13.8. The fourth-order valence-corrected chi connectivity index (χ4v) is 2.72. The van der Waals surface area contributed by atoms with E-state index < -0.39 is 5.97 Å². The number of ether oxygens (including phenoxy) is 1. The van der Waals surface area contributed by atoms with E-state index in [2.05, 4.69) is 29.4 Å². The van der Waals surface area contributed by atoms with Crippen LogP contribution in [0, 0.1) is 5.92 Å². The molecule has 0 saturated heterocycles. The molecule has 0 fully saturated rings. The molecule has 1 atom stereocenters. The average Bonchev–Trinajstić information content (AvgIpc) is 2.96. The highest BCUT2D eigenvalue weighted by molar-refractivity contribution is 5.85. The molecule has 110 valence electrons. The summed E-state index contributed by atoms with van der Waals surface area (Å²) in [5.74, 6) is -0.140. The molecule has 21 heavy (non-hydrogen) atoms. The van der Waals surface area contributed by atoms with Gasteiger partial charge in [0.2, 0.25) is 0 Å². The van der Waals surface area contributed by atoms with E-state index in [0.29, 0.717) is 18.3 Å². The third kappa shape index (κ3) is 3.31. The van der Waals surface area contributed by atoms with Gasteiger partial charge in [-0.2, -0.15) is 0 Å². The van der Waals surface area contributed by atoms with Gasteiger partial charge in [0.1, 0.15) is 6.61 Å². The summed E-state index contributed by atoms with van der Waals surface area (Å²) in [6.45, 7) is 0.913. The van der Waals surface area contributed by atoms with Gasteiger partial charge in [-0.25, -0.2) is 4.79 Å². The summed E-state index contributed by atoms with van der Waals surface area (Å²) in [6, 6.07) is 9.92. The fourth-order valence-electron chi connectivity index (χ4n) is 2.72. The van der Waals surface area contributed by atoms with Gasteiger partial charge in [0, 0.05) is 6.07 Å². The van der Waals surface area contributed by atoms with Gasteiger partial charge in [0.25, 0.3) is 0 Å². The van der Waals surface area contributed by atoms with E-state index in [4.69, 9.17) is 14.4 Å². The molecule has 0 aliphatic heterocycles. The van der Waals surface area contributed by atoms with E-state index in [1.807, 2.05) is 0 Å². The second-order valence-corrected chi connectivity index (χ2v) is 5.38. The number of carboxylic acids is 1. The smallest absolute Gasteiger partial charge is 0.358 e. The largest absolute Gasteiger partial charge is 0.476 e. The lowest BCUT2D eigenvalue weighted by molar-refractivity contribution is 0.0662. The van der Waals surface area contributed by atoms with Crippen molar-refractivity contribution < 1.29 is 19.2 Å². The van der Waals surface area contributed by atoms with Crippen LogP contribution in [0.15, 0.2) is 34.9 Å². The van der Waals surface area contributed by atoms with Crippen molar-refractivity contribution in [3.63, 3.8) is 0 Å². The van der Waals surface area contributed by atoms with Gasteiger partial charge in [-0.15, -0.1) is 0 Å². The van der Waals surface area contributed by atoms with Gasteiger partial charge in [-0.05, 0) is 36.3 Å². The van der Waals surface area contributed by atoms with E-state index in [0.717, 1.165) is 19.3 Å². The molecular weight excluding hydrogens is 270 g/mol. The number of carbonyl (C=O) groups is 1. The number of rotatable bonds is 5. The fraction of sp³-hybridized carbons (Fsp3) is 0.375. The van der Waals surface area contributed by atoms with Crippen molar-refractivity contribution in [1.82, 2.24) is 5.16 Å². The number of aromatic nitrogens is 1. The molecular formula is C16H17NO4. The Morgan fingerprint density at radius 1 is 1.38 bits per heavy atom. The quantitative estimate of drug-likeness (QED) is 0.915. The zero-order chi connectivity index (χ0) is 14.7. The first-order chi connectivity index (χ1) is 10.2. The number of carboxylic acid groups (broad SMARTS) is 1. The summed E-state index contributed by atoms with van der Waals surface area (Å²) in [5.41, 5.74) is 2.76. The number of aromatic carboxylic acids is 1. The van der Waals surface area contributed by atoms with Crippen molar-refractivity contribution >= 4 is 5.97 Å². The number of aryl methyl sites for hydroxylation is 1. The zero-order valence-corrected chi connectivity index (χ0v) is 11.6. The minimum absolute atomic E-state index is 0.0832. The van der Waals surface area contributed by atoms with Crippen LogP contribution in [0.4, 0.5) is 0 Å².